The van der Waals surface area contributed by atoms with Crippen molar-refractivity contribution in [1.29, 1.82) is 0 Å². The van der Waals surface area contributed by atoms with Gasteiger partial charge in [0.1, 0.15) is 6.34 Å². The highest BCUT2D eigenvalue weighted by Crippen LogP contribution is 1.75. The molecule has 2 nitrogen and oxygen atoms in total. The SMILES string of the molecule is CCN(C=[N])CC. The van der Waals surface area contributed by atoms with Crippen molar-refractivity contribution in [1.82, 2.24) is 10.3 Å². The van der Waals surface area contributed by atoms with Gasteiger partial charge in [0.05, 0.1) is 0 Å². The van der Waals surface area contributed by atoms with Gasteiger partial charge in [-0.25, -0.2) is 0 Å². The molecule has 0 saturated carbocycles. The molecule has 0 N–H and O–H groups in total. The summed E-state index contributed by atoms with van der Waals surface area (Å²) >= 11 is 0. The highest BCUT2D eigenvalue weighted by molar-refractivity contribution is 5.51. The summed E-state index contributed by atoms with van der Waals surface area (Å²) in [5, 5.41) is 8.33. The largest absolute Gasteiger partial charge is 0.362 e. The lowest BCUT2D eigenvalue weighted by molar-refractivity contribution is 0.480. The second-order valence-electron chi connectivity index (χ2n) is 1.34. The van der Waals surface area contributed by atoms with Crippen LogP contribution < -0.4 is 5.41 Å². The molecule has 0 aromatic heterocycles. The van der Waals surface area contributed by atoms with E-state index in [1.54, 1.807) is 4.90 Å². The normalized spacial score (nSPS) is 8.29. The highest BCUT2D eigenvalue weighted by atomic mass is 15.1. The molecule has 0 aromatic rings. The van der Waals surface area contributed by atoms with Crippen LogP contribution in [0.2, 0.25) is 0 Å². The molecule has 41 valence electrons. The minimum Gasteiger partial charge on any atom is -0.362 e. The summed E-state index contributed by atoms with van der Waals surface area (Å²) in [5.41, 5.74) is 0. The van der Waals surface area contributed by atoms with E-state index in [1.807, 2.05) is 13.8 Å². The van der Waals surface area contributed by atoms with Gasteiger partial charge in [0.25, 0.3) is 0 Å². The quantitative estimate of drug-likeness (QED) is 0.365. The van der Waals surface area contributed by atoms with Crippen LogP contribution in [0.1, 0.15) is 13.8 Å². The maximum atomic E-state index is 8.33. The van der Waals surface area contributed by atoms with Crippen LogP contribution >= 0.6 is 0 Å². The molecule has 0 rings (SSSR count). The smallest absolute Gasteiger partial charge is 0.114 e. The molecule has 0 bridgehead atoms. The Kier molecular flexibility index (Phi) is 3.38. The van der Waals surface area contributed by atoms with Gasteiger partial charge in [-0.15, -0.1) is 5.41 Å². The summed E-state index contributed by atoms with van der Waals surface area (Å²) in [6.45, 7) is 5.76. The summed E-state index contributed by atoms with van der Waals surface area (Å²) < 4.78 is 0. The summed E-state index contributed by atoms with van der Waals surface area (Å²) in [7, 11) is 0. The molecule has 2 heteroatoms. The third-order valence-electron chi connectivity index (χ3n) is 0.976. The summed E-state index contributed by atoms with van der Waals surface area (Å²) in [4.78, 5) is 1.81. The van der Waals surface area contributed by atoms with Gasteiger partial charge >= 0.3 is 0 Å². The lowest BCUT2D eigenvalue weighted by Crippen LogP contribution is -2.20. The Morgan fingerprint density at radius 3 is 1.86 bits per heavy atom. The lowest BCUT2D eigenvalue weighted by atomic mass is 10.6. The fourth-order valence-electron chi connectivity index (χ4n) is 0.387. The van der Waals surface area contributed by atoms with Crippen LogP contribution in [0.4, 0.5) is 0 Å². The Labute approximate surface area is 44.6 Å². The standard InChI is InChI=1S/C5H11N2/c1-3-7(4-2)5-6/h5H,3-4H2,1-2H3. The Morgan fingerprint density at radius 2 is 1.86 bits per heavy atom. The van der Waals surface area contributed by atoms with E-state index < -0.39 is 0 Å². The molecule has 7 heavy (non-hydrogen) atoms. The second kappa shape index (κ2) is 3.65. The molecule has 0 aliphatic rings. The van der Waals surface area contributed by atoms with Crippen LogP contribution in [-0.2, 0) is 0 Å². The average molecular weight is 99.2 g/mol. The zero-order valence-corrected chi connectivity index (χ0v) is 4.89. The second-order valence-corrected chi connectivity index (χ2v) is 1.34. The van der Waals surface area contributed by atoms with E-state index in [0.717, 1.165) is 19.4 Å². The third-order valence-corrected chi connectivity index (χ3v) is 0.976. The van der Waals surface area contributed by atoms with Gasteiger partial charge < -0.3 is 4.90 Å². The van der Waals surface area contributed by atoms with E-state index in [-0.39, 0.29) is 0 Å². The van der Waals surface area contributed by atoms with Crippen LogP contribution in [0.5, 0.6) is 0 Å². The monoisotopic (exact) mass is 99.1 g/mol. The van der Waals surface area contributed by atoms with Crippen molar-refractivity contribution >= 4 is 6.34 Å². The van der Waals surface area contributed by atoms with Gasteiger partial charge in [-0.1, -0.05) is 0 Å². The Morgan fingerprint density at radius 1 is 1.43 bits per heavy atom. The lowest BCUT2D eigenvalue weighted by Gasteiger charge is -2.10. The molecule has 0 unspecified atom stereocenters. The van der Waals surface area contributed by atoms with Crippen LogP contribution in [0.25, 0.3) is 0 Å². The zero-order chi connectivity index (χ0) is 5.70. The summed E-state index contributed by atoms with van der Waals surface area (Å²) in [6.07, 6.45) is 1.11. The fraction of sp³-hybridized carbons (Fsp3) is 0.800. The van der Waals surface area contributed by atoms with Crippen LogP contribution in [0, 0.1) is 0 Å². The van der Waals surface area contributed by atoms with Gasteiger partial charge in [0.15, 0.2) is 0 Å². The van der Waals surface area contributed by atoms with Gasteiger partial charge in [-0.2, -0.15) is 0 Å². The Bertz CT molecular complexity index is 48.0. The Hall–Kier alpha value is -0.530. The number of nitrogens with zero attached hydrogens (tertiary/aromatic N) is 2. The molecule has 0 fully saturated rings. The first-order chi connectivity index (χ1) is 3.35. The number of rotatable bonds is 3. The molecule has 0 heterocycles. The van der Waals surface area contributed by atoms with E-state index >= 15 is 0 Å². The van der Waals surface area contributed by atoms with Gasteiger partial charge in [0.2, 0.25) is 0 Å². The first-order valence-corrected chi connectivity index (χ1v) is 2.56. The number of hydrogen-bond donors (Lipinski definition) is 0. The molecule has 1 radical (unpaired) electrons. The summed E-state index contributed by atoms with van der Waals surface area (Å²) in [5.74, 6) is 0. The van der Waals surface area contributed by atoms with Crippen LogP contribution in [0.3, 0.4) is 0 Å². The van der Waals surface area contributed by atoms with E-state index in [4.69, 9.17) is 5.41 Å². The minimum absolute atomic E-state index is 0.882. The fourth-order valence-corrected chi connectivity index (χ4v) is 0.387. The molecule has 0 spiro atoms. The van der Waals surface area contributed by atoms with Gasteiger partial charge in [-0.3, -0.25) is 0 Å². The Balaban J connectivity index is 3.16. The third kappa shape index (κ3) is 2.20. The molecule has 0 aliphatic carbocycles. The van der Waals surface area contributed by atoms with Crippen molar-refractivity contribution in [2.75, 3.05) is 13.1 Å². The first-order valence-electron chi connectivity index (χ1n) is 2.56. The van der Waals surface area contributed by atoms with Crippen molar-refractivity contribution in [3.63, 3.8) is 0 Å². The highest BCUT2D eigenvalue weighted by Gasteiger charge is 1.85. The zero-order valence-electron chi connectivity index (χ0n) is 4.89. The van der Waals surface area contributed by atoms with Crippen molar-refractivity contribution in [3.05, 3.63) is 0 Å². The van der Waals surface area contributed by atoms with Gasteiger partial charge in [0, 0.05) is 13.1 Å². The maximum absolute atomic E-state index is 8.33. The van der Waals surface area contributed by atoms with Crippen molar-refractivity contribution in [3.8, 4) is 0 Å². The van der Waals surface area contributed by atoms with Crippen molar-refractivity contribution < 1.29 is 0 Å². The minimum atomic E-state index is 0.882. The van der Waals surface area contributed by atoms with Crippen LogP contribution in [0.15, 0.2) is 0 Å². The predicted octanol–water partition coefficient (Wildman–Crippen LogP) is 0.157. The topological polar surface area (TPSA) is 25.5 Å². The molecule has 0 saturated heterocycles. The molecular weight excluding hydrogens is 88.1 g/mol. The summed E-state index contributed by atoms with van der Waals surface area (Å²) in [6, 6.07) is 0. The molecule has 0 aliphatic heterocycles. The molecule has 0 aromatic carbocycles. The van der Waals surface area contributed by atoms with Crippen molar-refractivity contribution in [2.45, 2.75) is 13.8 Å². The van der Waals surface area contributed by atoms with E-state index in [9.17, 15) is 0 Å². The van der Waals surface area contributed by atoms with Gasteiger partial charge in [-0.05, 0) is 13.8 Å². The number of hydrogen-bond acceptors (Lipinski definition) is 0. The molecular formula is C5H11N2. The maximum Gasteiger partial charge on any atom is 0.114 e. The molecule has 0 atom stereocenters. The van der Waals surface area contributed by atoms with E-state index in [1.165, 1.54) is 0 Å². The van der Waals surface area contributed by atoms with E-state index in [0.29, 0.717) is 0 Å². The van der Waals surface area contributed by atoms with Crippen LogP contribution in [-0.4, -0.2) is 24.3 Å². The predicted molar refractivity (Wildman–Crippen MR) is 31.1 cm³/mol. The average Bonchev–Trinajstić information content (AvgIpc) is 1.72. The molecule has 0 amide bonds. The van der Waals surface area contributed by atoms with Crippen molar-refractivity contribution in [2.24, 2.45) is 0 Å². The van der Waals surface area contributed by atoms with E-state index in [2.05, 4.69) is 0 Å². The first kappa shape index (κ1) is 6.47.